The molecule has 0 aromatic rings. The molecule has 5 heteroatoms. The van der Waals surface area contributed by atoms with E-state index in [4.69, 9.17) is 0 Å². The van der Waals surface area contributed by atoms with Gasteiger partial charge in [0.1, 0.15) is 0 Å². The van der Waals surface area contributed by atoms with E-state index in [1.54, 1.807) is 0 Å². The summed E-state index contributed by atoms with van der Waals surface area (Å²) in [6, 6.07) is 0.337. The number of carbonyl (C=O) groups is 1. The van der Waals surface area contributed by atoms with Crippen LogP contribution >= 0.6 is 0 Å². The molecule has 3 unspecified atom stereocenters. The van der Waals surface area contributed by atoms with Crippen molar-refractivity contribution in [1.29, 1.82) is 0 Å². The molecule has 1 saturated carbocycles. The summed E-state index contributed by atoms with van der Waals surface area (Å²) in [5, 5.41) is 0. The largest absolute Gasteiger partial charge is 0.436 e. The van der Waals surface area contributed by atoms with Crippen molar-refractivity contribution in [1.82, 2.24) is 4.90 Å². The van der Waals surface area contributed by atoms with Gasteiger partial charge in [0.2, 0.25) is 0 Å². The van der Waals surface area contributed by atoms with Crippen LogP contribution in [0, 0.1) is 61.9 Å². The Kier molecular flexibility index (Phi) is 9.32. The van der Waals surface area contributed by atoms with E-state index in [1.807, 2.05) is 0 Å². The average Bonchev–Trinajstić information content (AvgIpc) is 2.61. The third-order valence-electron chi connectivity index (χ3n) is 3.72. The van der Waals surface area contributed by atoms with E-state index in [0.29, 0.717) is 12.0 Å². The summed E-state index contributed by atoms with van der Waals surface area (Å²) in [5.74, 6) is 0.752. The third kappa shape index (κ3) is 3.78. The summed E-state index contributed by atoms with van der Waals surface area (Å²) >= 11 is 0. The molecule has 0 N–H and O–H groups in total. The van der Waals surface area contributed by atoms with Crippen LogP contribution in [0.3, 0.4) is 0 Å². The van der Waals surface area contributed by atoms with Crippen LogP contribution in [-0.4, -0.2) is 23.3 Å². The second kappa shape index (κ2) is 8.41. The number of carbonyl (C=O) groups excluding carboxylic acids is 1. The molecule has 2 radical (unpaired) electrons. The molecule has 2 nitrogen and oxygen atoms in total. The molecule has 2 heterocycles. The van der Waals surface area contributed by atoms with Crippen molar-refractivity contribution in [2.75, 3.05) is 6.54 Å². The van der Waals surface area contributed by atoms with Gasteiger partial charge in [0.05, 0.1) is 0 Å². The molecular weight excluding hydrogens is 564 g/mol. The Morgan fingerprint density at radius 2 is 2.06 bits per heavy atom. The van der Waals surface area contributed by atoms with Gasteiger partial charge in [-0.3, -0.25) is 0 Å². The monoisotopic (exact) mass is 580 g/mol. The van der Waals surface area contributed by atoms with E-state index >= 15 is 0 Å². The predicted octanol–water partition coefficient (Wildman–Crippen LogP) is 1.78. The number of allylic oxidation sites excluding steroid dienone is 2. The van der Waals surface area contributed by atoms with Crippen molar-refractivity contribution >= 4 is 5.78 Å². The number of rotatable bonds is 0. The van der Waals surface area contributed by atoms with E-state index in [9.17, 15) is 4.79 Å². The van der Waals surface area contributed by atoms with E-state index in [-0.39, 0.29) is 94.1 Å². The number of hydrogen-bond donors (Lipinski definition) is 0. The maximum Gasteiger partial charge on any atom is 0.0116 e. The van der Waals surface area contributed by atoms with Gasteiger partial charge < -0.3 is 34.5 Å². The topological polar surface area (TPSA) is 20.3 Å². The molecule has 1 aliphatic carbocycles. The number of piperidine rings is 1. The zero-order chi connectivity index (χ0) is 10.4. The minimum absolute atomic E-state index is 0. The van der Waals surface area contributed by atoms with Crippen LogP contribution in [0.2, 0.25) is 0 Å². The van der Waals surface area contributed by atoms with Crippen LogP contribution in [0.25, 0.3) is 0 Å². The van der Waals surface area contributed by atoms with E-state index in [1.165, 1.54) is 12.8 Å². The molecule has 2 fully saturated rings. The summed E-state index contributed by atoms with van der Waals surface area (Å²) in [6.07, 6.45) is 11.1. The average molecular weight is 580 g/mol. The van der Waals surface area contributed by atoms with Crippen molar-refractivity contribution in [3.8, 4) is 0 Å². The number of nitrogens with zero attached hydrogens (tertiary/aromatic N) is 1. The molecule has 94 valence electrons. The first-order valence-corrected chi connectivity index (χ1v) is 5.89. The zero-order valence-electron chi connectivity index (χ0n) is 10.6. The van der Waals surface area contributed by atoms with Gasteiger partial charge in [-0.15, -0.1) is 18.9 Å². The Bertz CT molecular complexity index is 337. The Balaban J connectivity index is 0.000000963. The van der Waals surface area contributed by atoms with Crippen molar-refractivity contribution in [2.24, 2.45) is 11.8 Å². The number of hydrogen-bond acceptors (Lipinski definition) is 2. The third-order valence-corrected chi connectivity index (χ3v) is 3.72. The Labute approximate surface area is 171 Å². The smallest absolute Gasteiger partial charge is 0.0116 e. The first-order valence-electron chi connectivity index (χ1n) is 5.89. The van der Waals surface area contributed by atoms with E-state index in [0.717, 1.165) is 18.7 Å². The SMILES string of the molecule is CC1[CH-]C2C(=O)[C-]=C3CCCCN3C2[CH-]1.[U].[V].[Y]. The van der Waals surface area contributed by atoms with Gasteiger partial charge >= 0.3 is 0 Å². The number of ketones is 1. The van der Waals surface area contributed by atoms with E-state index < -0.39 is 0 Å². The summed E-state index contributed by atoms with van der Waals surface area (Å²) in [4.78, 5) is 14.3. The second-order valence-electron chi connectivity index (χ2n) is 4.85. The van der Waals surface area contributed by atoms with Gasteiger partial charge in [0.15, 0.2) is 0 Å². The molecule has 0 bridgehead atoms. The molecule has 0 aromatic carbocycles. The van der Waals surface area contributed by atoms with Crippen LogP contribution in [-0.2, 0) is 56.1 Å². The van der Waals surface area contributed by atoms with Crippen molar-refractivity contribution in [3.05, 3.63) is 24.6 Å². The first kappa shape index (κ1) is 20.0. The minimum Gasteiger partial charge on any atom is -0.436 e. The van der Waals surface area contributed by atoms with Crippen molar-refractivity contribution in [3.63, 3.8) is 0 Å². The Hall–Kier alpha value is 1.95. The van der Waals surface area contributed by atoms with Crippen LogP contribution in [0.15, 0.2) is 5.70 Å². The Morgan fingerprint density at radius 3 is 2.78 bits per heavy atom. The second-order valence-corrected chi connectivity index (χ2v) is 4.85. The van der Waals surface area contributed by atoms with Crippen LogP contribution in [0.1, 0.15) is 26.2 Å². The fourth-order valence-electron chi connectivity index (χ4n) is 3.02. The standard InChI is InChI=1S/C13H16NO.U.V.Y/c1-9-6-11-12(7-9)14-5-3-2-4-10(14)8-13(11)15;;;/h6-7,9,11-12H,2-5H2,1H3;;;/q-3;;;. The van der Waals surface area contributed by atoms with Crippen LogP contribution < -0.4 is 0 Å². The van der Waals surface area contributed by atoms with Crippen LogP contribution in [0.4, 0.5) is 0 Å². The molecule has 0 aromatic heterocycles. The molecule has 18 heavy (non-hydrogen) atoms. The molecule has 0 amide bonds. The van der Waals surface area contributed by atoms with Crippen molar-refractivity contribution < 1.29 is 87.2 Å². The Morgan fingerprint density at radius 1 is 1.33 bits per heavy atom. The van der Waals surface area contributed by atoms with Gasteiger partial charge in [-0.05, 0) is 25.0 Å². The normalized spacial score (nSPS) is 33.2. The quantitative estimate of drug-likeness (QED) is 0.408. The van der Waals surface area contributed by atoms with Gasteiger partial charge in [-0.25, -0.2) is 0 Å². The molecule has 3 atom stereocenters. The minimum atomic E-state index is 0. The van der Waals surface area contributed by atoms with Gasteiger partial charge in [-0.1, -0.05) is 0 Å². The number of Topliss-reactive ketones (excluding diaryl/α,β-unsaturated/α-hetero) is 1. The molecule has 2 aliphatic heterocycles. The molecule has 3 aliphatic rings. The summed E-state index contributed by atoms with van der Waals surface area (Å²) in [7, 11) is 0. The van der Waals surface area contributed by atoms with Crippen LogP contribution in [0.5, 0.6) is 0 Å². The van der Waals surface area contributed by atoms with Gasteiger partial charge in [-0.2, -0.15) is 5.70 Å². The van der Waals surface area contributed by atoms with E-state index in [2.05, 4.69) is 30.7 Å². The summed E-state index contributed by atoms with van der Waals surface area (Å²) in [6.45, 7) is 3.27. The maximum absolute atomic E-state index is 11.9. The van der Waals surface area contributed by atoms with Gasteiger partial charge in [0.25, 0.3) is 0 Å². The molecular formula is C13H16NOUVY-3. The van der Waals surface area contributed by atoms with Gasteiger partial charge in [0, 0.05) is 88.9 Å². The summed E-state index contributed by atoms with van der Waals surface area (Å²) < 4.78 is 0. The molecule has 1 saturated heterocycles. The predicted molar refractivity (Wildman–Crippen MR) is 57.4 cm³/mol. The number of fused-ring (bicyclic) bond motifs is 3. The fourth-order valence-corrected chi connectivity index (χ4v) is 3.02. The fraction of sp³-hybridized carbons (Fsp3) is 0.615. The summed E-state index contributed by atoms with van der Waals surface area (Å²) in [5.41, 5.74) is 1.16. The first-order chi connectivity index (χ1) is 7.25. The maximum atomic E-state index is 11.9. The zero-order valence-corrected chi connectivity index (χ0v) is 19.0. The molecule has 3 rings (SSSR count). The van der Waals surface area contributed by atoms with Crippen molar-refractivity contribution in [2.45, 2.75) is 32.2 Å². The molecule has 0 spiro atoms.